The number of ether oxygens (including phenoxy) is 2. The van der Waals surface area contributed by atoms with Gasteiger partial charge >= 0.3 is 5.97 Å². The molecule has 6 nitrogen and oxygen atoms in total. The standard InChI is InChI=1S/C25H20FNO5/c1-14-2-5-17(12-19(14)18-6-4-16(26)11-20(18)23(28)29)27-24(30)25(8-9-25)15-3-7-21-22(10-15)32-13-31-21/h2-7,10-12H,8-9,13H2,1H3,(H,27,30)(H,28,29). The van der Waals surface area contributed by atoms with Gasteiger partial charge in [0.2, 0.25) is 12.7 Å². The number of carbonyl (C=O) groups is 2. The van der Waals surface area contributed by atoms with Crippen LogP contribution in [0.25, 0.3) is 11.1 Å². The van der Waals surface area contributed by atoms with Crippen LogP contribution < -0.4 is 14.8 Å². The molecule has 1 aliphatic carbocycles. The molecule has 1 fully saturated rings. The highest BCUT2D eigenvalue weighted by atomic mass is 19.1. The lowest BCUT2D eigenvalue weighted by Crippen LogP contribution is -2.27. The molecule has 0 bridgehead atoms. The van der Waals surface area contributed by atoms with Crippen LogP contribution in [0, 0.1) is 12.7 Å². The number of carboxylic acids is 1. The third-order valence-corrected chi connectivity index (χ3v) is 6.11. The SMILES string of the molecule is Cc1ccc(NC(=O)C2(c3ccc4c(c3)OCO4)CC2)cc1-c1ccc(F)cc1C(=O)O. The molecule has 1 heterocycles. The number of hydrogen-bond acceptors (Lipinski definition) is 4. The molecule has 0 aromatic heterocycles. The van der Waals surface area contributed by atoms with Gasteiger partial charge in [-0.25, -0.2) is 9.18 Å². The molecule has 5 rings (SSSR count). The number of benzene rings is 3. The molecule has 162 valence electrons. The van der Waals surface area contributed by atoms with Crippen LogP contribution in [0.15, 0.2) is 54.6 Å². The van der Waals surface area contributed by atoms with Crippen molar-refractivity contribution in [3.63, 3.8) is 0 Å². The molecule has 3 aromatic rings. The van der Waals surface area contributed by atoms with Crippen molar-refractivity contribution in [2.24, 2.45) is 0 Å². The van der Waals surface area contributed by atoms with E-state index < -0.39 is 17.2 Å². The number of nitrogens with one attached hydrogen (secondary N) is 1. The maximum Gasteiger partial charge on any atom is 0.336 e. The summed E-state index contributed by atoms with van der Waals surface area (Å²) in [5, 5.41) is 12.5. The van der Waals surface area contributed by atoms with Gasteiger partial charge in [-0.3, -0.25) is 4.79 Å². The smallest absolute Gasteiger partial charge is 0.336 e. The van der Waals surface area contributed by atoms with E-state index in [0.717, 1.165) is 30.0 Å². The van der Waals surface area contributed by atoms with Crippen LogP contribution in [-0.4, -0.2) is 23.8 Å². The highest BCUT2D eigenvalue weighted by Gasteiger charge is 2.51. The first-order valence-corrected chi connectivity index (χ1v) is 10.2. The molecule has 0 radical (unpaired) electrons. The van der Waals surface area contributed by atoms with E-state index in [9.17, 15) is 19.1 Å². The molecule has 3 aromatic carbocycles. The number of carboxylic acid groups (broad SMARTS) is 1. The van der Waals surface area contributed by atoms with Gasteiger partial charge in [-0.15, -0.1) is 0 Å². The van der Waals surface area contributed by atoms with E-state index >= 15 is 0 Å². The molecule has 2 aliphatic rings. The lowest BCUT2D eigenvalue weighted by molar-refractivity contribution is -0.118. The van der Waals surface area contributed by atoms with Gasteiger partial charge in [-0.1, -0.05) is 18.2 Å². The van der Waals surface area contributed by atoms with E-state index in [0.29, 0.717) is 28.3 Å². The lowest BCUT2D eigenvalue weighted by Gasteiger charge is -2.18. The number of halogens is 1. The Bertz CT molecular complexity index is 1270. The summed E-state index contributed by atoms with van der Waals surface area (Å²) < 4.78 is 24.4. The molecule has 7 heteroatoms. The van der Waals surface area contributed by atoms with E-state index in [2.05, 4.69) is 5.32 Å². The van der Waals surface area contributed by atoms with Crippen LogP contribution in [0.4, 0.5) is 10.1 Å². The van der Waals surface area contributed by atoms with Crippen LogP contribution in [0.2, 0.25) is 0 Å². The zero-order valence-corrected chi connectivity index (χ0v) is 17.3. The van der Waals surface area contributed by atoms with Crippen molar-refractivity contribution in [2.75, 3.05) is 12.1 Å². The van der Waals surface area contributed by atoms with Crippen LogP contribution in [-0.2, 0) is 10.2 Å². The number of amides is 1. The fourth-order valence-electron chi connectivity index (χ4n) is 4.13. The van der Waals surface area contributed by atoms with Crippen molar-refractivity contribution in [2.45, 2.75) is 25.2 Å². The van der Waals surface area contributed by atoms with Gasteiger partial charge < -0.3 is 19.9 Å². The third-order valence-electron chi connectivity index (χ3n) is 6.11. The molecule has 1 aliphatic heterocycles. The van der Waals surface area contributed by atoms with E-state index in [4.69, 9.17) is 9.47 Å². The zero-order valence-electron chi connectivity index (χ0n) is 17.3. The maximum atomic E-state index is 13.6. The summed E-state index contributed by atoms with van der Waals surface area (Å²) in [5.74, 6) is -0.664. The quantitative estimate of drug-likeness (QED) is 0.598. The molecule has 32 heavy (non-hydrogen) atoms. The molecule has 2 N–H and O–H groups in total. The second kappa shape index (κ2) is 7.37. The first-order chi connectivity index (χ1) is 15.4. The van der Waals surface area contributed by atoms with E-state index in [1.807, 2.05) is 25.1 Å². The van der Waals surface area contributed by atoms with Gasteiger partial charge in [0.25, 0.3) is 0 Å². The molecule has 1 saturated carbocycles. The Hall–Kier alpha value is -3.87. The van der Waals surface area contributed by atoms with Crippen molar-refractivity contribution >= 4 is 17.6 Å². The van der Waals surface area contributed by atoms with Crippen molar-refractivity contribution < 1.29 is 28.6 Å². The second-order valence-electron chi connectivity index (χ2n) is 8.13. The van der Waals surface area contributed by atoms with Crippen molar-refractivity contribution in [3.05, 3.63) is 77.1 Å². The topological polar surface area (TPSA) is 84.9 Å². The summed E-state index contributed by atoms with van der Waals surface area (Å²) in [5.41, 5.74) is 2.48. The lowest BCUT2D eigenvalue weighted by atomic mass is 9.93. The summed E-state index contributed by atoms with van der Waals surface area (Å²) >= 11 is 0. The molecule has 1 amide bonds. The number of fused-ring (bicyclic) bond motifs is 1. The Morgan fingerprint density at radius 3 is 2.50 bits per heavy atom. The van der Waals surface area contributed by atoms with Crippen molar-refractivity contribution in [3.8, 4) is 22.6 Å². The maximum absolute atomic E-state index is 13.6. The minimum atomic E-state index is -1.21. The Kier molecular flexibility index (Phi) is 4.62. The summed E-state index contributed by atoms with van der Waals surface area (Å²) in [6, 6.07) is 14.5. The molecule has 0 atom stereocenters. The molecule has 0 unspecified atom stereocenters. The van der Waals surface area contributed by atoms with Gasteiger partial charge in [0.1, 0.15) is 5.82 Å². The number of rotatable bonds is 5. The average Bonchev–Trinajstić information content (AvgIpc) is 3.46. The summed E-state index contributed by atoms with van der Waals surface area (Å²) in [6.45, 7) is 2.01. The second-order valence-corrected chi connectivity index (χ2v) is 8.13. The van der Waals surface area contributed by atoms with E-state index in [1.54, 1.807) is 18.2 Å². The number of hydrogen-bond donors (Lipinski definition) is 2. The zero-order chi connectivity index (χ0) is 22.5. The normalized spacial score (nSPS) is 15.3. The van der Waals surface area contributed by atoms with Crippen LogP contribution in [0.1, 0.15) is 34.3 Å². The molecule has 0 saturated heterocycles. The number of aryl methyl sites for hydroxylation is 1. The van der Waals surface area contributed by atoms with Crippen LogP contribution >= 0.6 is 0 Å². The van der Waals surface area contributed by atoms with Gasteiger partial charge in [0.15, 0.2) is 11.5 Å². The largest absolute Gasteiger partial charge is 0.478 e. The van der Waals surface area contributed by atoms with Gasteiger partial charge in [0.05, 0.1) is 11.0 Å². The summed E-state index contributed by atoms with van der Waals surface area (Å²) in [7, 11) is 0. The van der Waals surface area contributed by atoms with Crippen LogP contribution in [0.5, 0.6) is 11.5 Å². The van der Waals surface area contributed by atoms with Gasteiger partial charge in [0, 0.05) is 5.69 Å². The molecule has 0 spiro atoms. The minimum Gasteiger partial charge on any atom is -0.478 e. The van der Waals surface area contributed by atoms with E-state index in [1.165, 1.54) is 12.1 Å². The van der Waals surface area contributed by atoms with Crippen LogP contribution in [0.3, 0.4) is 0 Å². The number of carbonyl (C=O) groups excluding carboxylic acids is 1. The average molecular weight is 433 g/mol. The Balaban J connectivity index is 1.45. The predicted molar refractivity (Wildman–Crippen MR) is 116 cm³/mol. The predicted octanol–water partition coefficient (Wildman–Crippen LogP) is 4.90. The number of aromatic carboxylic acids is 1. The van der Waals surface area contributed by atoms with Gasteiger partial charge in [-0.05, 0) is 78.4 Å². The van der Waals surface area contributed by atoms with E-state index in [-0.39, 0.29) is 18.3 Å². The summed E-state index contributed by atoms with van der Waals surface area (Å²) in [4.78, 5) is 24.9. The van der Waals surface area contributed by atoms with Gasteiger partial charge in [-0.2, -0.15) is 0 Å². The third kappa shape index (κ3) is 3.36. The summed E-state index contributed by atoms with van der Waals surface area (Å²) in [6.07, 6.45) is 1.44. The fourth-order valence-corrected chi connectivity index (χ4v) is 4.13. The first kappa shape index (κ1) is 20.1. The first-order valence-electron chi connectivity index (χ1n) is 10.2. The molecular formula is C25H20FNO5. The monoisotopic (exact) mass is 433 g/mol. The van der Waals surface area contributed by atoms with Crippen molar-refractivity contribution in [1.82, 2.24) is 0 Å². The highest BCUT2D eigenvalue weighted by molar-refractivity contribution is 6.02. The Morgan fingerprint density at radius 1 is 0.969 bits per heavy atom. The highest BCUT2D eigenvalue weighted by Crippen LogP contribution is 2.51. The number of anilines is 1. The fraction of sp³-hybridized carbons (Fsp3) is 0.200. The minimum absolute atomic E-state index is 0.129. The Morgan fingerprint density at radius 2 is 1.75 bits per heavy atom. The van der Waals surface area contributed by atoms with Crippen molar-refractivity contribution in [1.29, 1.82) is 0 Å². The Labute approximate surface area is 183 Å². The molecular weight excluding hydrogens is 413 g/mol.